The van der Waals surface area contributed by atoms with Crippen LogP contribution in [0, 0.1) is 5.82 Å². The van der Waals surface area contributed by atoms with Gasteiger partial charge in [-0.15, -0.1) is 11.8 Å². The Hall–Kier alpha value is -2.14. The van der Waals surface area contributed by atoms with E-state index >= 15 is 0 Å². The molecule has 1 fully saturated rings. The minimum Gasteiger partial charge on any atom is -0.367 e. The van der Waals surface area contributed by atoms with Crippen molar-refractivity contribution in [1.29, 1.82) is 0 Å². The lowest BCUT2D eigenvalue weighted by atomic mass is 10.2. The fraction of sp³-hybridized carbons (Fsp3) is 0.435. The molecule has 2 heterocycles. The highest BCUT2D eigenvalue weighted by Gasteiger charge is 2.23. The molecule has 0 aliphatic carbocycles. The number of hydrogen-bond donors (Lipinski definition) is 2. The number of nitrogens with one attached hydrogen (secondary N) is 2. The number of piperazine rings is 1. The van der Waals surface area contributed by atoms with Gasteiger partial charge in [0.15, 0.2) is 0 Å². The summed E-state index contributed by atoms with van der Waals surface area (Å²) in [7, 11) is -3.67. The summed E-state index contributed by atoms with van der Waals surface area (Å²) in [6.07, 6.45) is 1.07. The summed E-state index contributed by atoms with van der Waals surface area (Å²) < 4.78 is 42.1. The topological polar surface area (TPSA) is 81.7 Å². The molecular formula is C23H29FN4O3S2. The molecule has 2 N–H and O–H groups in total. The van der Waals surface area contributed by atoms with E-state index in [4.69, 9.17) is 0 Å². The van der Waals surface area contributed by atoms with E-state index in [1.54, 1.807) is 36.0 Å². The standard InChI is InChI=1S/C23H29FN4O3S2/c1-17-15-23(29)26-20-16-18(7-8-22(20)32-17)33(30,31)25-9-4-10-27-11-13-28(14-12-27)21-6-3-2-5-19(21)24/h2-3,5-8,16-17,25H,4,9-15H2,1H3,(H,26,29)/t17-/m0/s1. The van der Waals surface area contributed by atoms with Gasteiger partial charge in [0.05, 0.1) is 16.3 Å². The summed E-state index contributed by atoms with van der Waals surface area (Å²) in [6, 6.07) is 11.7. The number of halogens is 1. The van der Waals surface area contributed by atoms with Crippen LogP contribution >= 0.6 is 11.8 Å². The van der Waals surface area contributed by atoms with E-state index in [2.05, 4.69) is 14.9 Å². The highest BCUT2D eigenvalue weighted by Crippen LogP contribution is 2.36. The van der Waals surface area contributed by atoms with E-state index in [-0.39, 0.29) is 21.9 Å². The third-order valence-electron chi connectivity index (χ3n) is 5.85. The van der Waals surface area contributed by atoms with E-state index in [1.807, 2.05) is 17.9 Å². The van der Waals surface area contributed by atoms with Gasteiger partial charge in [-0.05, 0) is 43.3 Å². The fourth-order valence-electron chi connectivity index (χ4n) is 4.11. The smallest absolute Gasteiger partial charge is 0.240 e. The number of hydrogen-bond acceptors (Lipinski definition) is 6. The van der Waals surface area contributed by atoms with Gasteiger partial charge >= 0.3 is 0 Å². The largest absolute Gasteiger partial charge is 0.367 e. The molecule has 0 aromatic heterocycles. The number of sulfonamides is 1. The fourth-order valence-corrected chi connectivity index (χ4v) is 6.26. The number of amides is 1. The second-order valence-electron chi connectivity index (χ2n) is 8.37. The van der Waals surface area contributed by atoms with Gasteiger partial charge in [-0.25, -0.2) is 17.5 Å². The highest BCUT2D eigenvalue weighted by molar-refractivity contribution is 8.00. The Morgan fingerprint density at radius 1 is 1.15 bits per heavy atom. The molecule has 0 bridgehead atoms. The first-order chi connectivity index (χ1) is 15.8. The van der Waals surface area contributed by atoms with Crippen molar-refractivity contribution in [2.45, 2.75) is 34.8 Å². The first-order valence-electron chi connectivity index (χ1n) is 11.1. The summed E-state index contributed by atoms with van der Waals surface area (Å²) in [6.45, 7) is 6.16. The molecule has 2 aromatic rings. The number of fused-ring (bicyclic) bond motifs is 1. The Morgan fingerprint density at radius 2 is 1.91 bits per heavy atom. The maximum absolute atomic E-state index is 14.0. The van der Waals surface area contributed by atoms with Crippen molar-refractivity contribution >= 4 is 39.1 Å². The number of thioether (sulfide) groups is 1. The molecular weight excluding hydrogens is 463 g/mol. The second-order valence-corrected chi connectivity index (χ2v) is 11.6. The molecule has 1 atom stereocenters. The van der Waals surface area contributed by atoms with Crippen molar-refractivity contribution in [1.82, 2.24) is 9.62 Å². The molecule has 33 heavy (non-hydrogen) atoms. The molecule has 1 saturated heterocycles. The number of para-hydroxylation sites is 1. The van der Waals surface area contributed by atoms with Crippen LogP contribution in [0.2, 0.25) is 0 Å². The summed E-state index contributed by atoms with van der Waals surface area (Å²) in [5.41, 5.74) is 1.18. The van der Waals surface area contributed by atoms with Crippen molar-refractivity contribution in [2.75, 3.05) is 49.5 Å². The van der Waals surface area contributed by atoms with Crippen LogP contribution in [0.3, 0.4) is 0 Å². The molecule has 4 rings (SSSR count). The van der Waals surface area contributed by atoms with Crippen molar-refractivity contribution in [3.8, 4) is 0 Å². The summed E-state index contributed by atoms with van der Waals surface area (Å²) >= 11 is 1.56. The molecule has 178 valence electrons. The maximum Gasteiger partial charge on any atom is 0.240 e. The van der Waals surface area contributed by atoms with Crippen molar-refractivity contribution in [3.05, 3.63) is 48.3 Å². The Kier molecular flexibility index (Phi) is 7.58. The monoisotopic (exact) mass is 492 g/mol. The molecule has 0 saturated carbocycles. The van der Waals surface area contributed by atoms with Crippen molar-refractivity contribution in [3.63, 3.8) is 0 Å². The van der Waals surface area contributed by atoms with Crippen LogP contribution in [-0.4, -0.2) is 63.7 Å². The Labute approximate surface area is 198 Å². The Bertz CT molecular complexity index is 1100. The molecule has 2 aromatic carbocycles. The van der Waals surface area contributed by atoms with Gasteiger partial charge in [0.1, 0.15) is 5.82 Å². The van der Waals surface area contributed by atoms with Gasteiger partial charge in [-0.2, -0.15) is 0 Å². The average molecular weight is 493 g/mol. The molecule has 2 aliphatic heterocycles. The van der Waals surface area contributed by atoms with Crippen LogP contribution in [-0.2, 0) is 14.8 Å². The lowest BCUT2D eigenvalue weighted by molar-refractivity contribution is -0.116. The zero-order chi connectivity index (χ0) is 23.4. The first kappa shape index (κ1) is 24.0. The molecule has 2 aliphatic rings. The van der Waals surface area contributed by atoms with Crippen molar-refractivity contribution < 1.29 is 17.6 Å². The SMILES string of the molecule is C[C@H]1CC(=O)Nc2cc(S(=O)(=O)NCCCN3CCN(c4ccccc4F)CC3)ccc2S1. The highest BCUT2D eigenvalue weighted by atomic mass is 32.2. The molecule has 10 heteroatoms. The summed E-state index contributed by atoms with van der Waals surface area (Å²) in [5.74, 6) is -0.308. The maximum atomic E-state index is 14.0. The van der Waals surface area contributed by atoms with E-state index in [1.165, 1.54) is 12.1 Å². The van der Waals surface area contributed by atoms with Crippen LogP contribution in [0.25, 0.3) is 0 Å². The molecule has 7 nitrogen and oxygen atoms in total. The molecule has 0 spiro atoms. The molecule has 0 radical (unpaired) electrons. The molecule has 0 unspecified atom stereocenters. The quantitative estimate of drug-likeness (QED) is 0.578. The zero-order valence-electron chi connectivity index (χ0n) is 18.6. The average Bonchev–Trinajstić information content (AvgIpc) is 2.93. The molecule has 1 amide bonds. The first-order valence-corrected chi connectivity index (χ1v) is 13.5. The van der Waals surface area contributed by atoms with Gasteiger partial charge in [0.2, 0.25) is 15.9 Å². The van der Waals surface area contributed by atoms with Crippen LogP contribution in [0.4, 0.5) is 15.8 Å². The van der Waals surface area contributed by atoms with Gasteiger partial charge in [0.25, 0.3) is 0 Å². The van der Waals surface area contributed by atoms with Crippen LogP contribution in [0.5, 0.6) is 0 Å². The predicted molar refractivity (Wildman–Crippen MR) is 130 cm³/mol. The summed E-state index contributed by atoms with van der Waals surface area (Å²) in [5, 5.41) is 2.95. The van der Waals surface area contributed by atoms with Crippen LogP contribution in [0.15, 0.2) is 52.3 Å². The minimum atomic E-state index is -3.67. The third-order valence-corrected chi connectivity index (χ3v) is 8.48. The lowest BCUT2D eigenvalue weighted by Gasteiger charge is -2.36. The second kappa shape index (κ2) is 10.4. The normalized spacial score (nSPS) is 19.6. The van der Waals surface area contributed by atoms with Gasteiger partial charge in [-0.3, -0.25) is 9.69 Å². The predicted octanol–water partition coefficient (Wildman–Crippen LogP) is 3.14. The van der Waals surface area contributed by atoms with E-state index in [9.17, 15) is 17.6 Å². The number of anilines is 2. The van der Waals surface area contributed by atoms with Crippen LogP contribution < -0.4 is 14.9 Å². The number of carbonyl (C=O) groups is 1. The van der Waals surface area contributed by atoms with E-state index < -0.39 is 10.0 Å². The number of rotatable bonds is 7. The number of benzene rings is 2. The Balaban J connectivity index is 1.25. The van der Waals surface area contributed by atoms with E-state index in [0.29, 0.717) is 30.8 Å². The number of carbonyl (C=O) groups excluding carboxylic acids is 1. The summed E-state index contributed by atoms with van der Waals surface area (Å²) in [4.78, 5) is 17.3. The lowest BCUT2D eigenvalue weighted by Crippen LogP contribution is -2.47. The van der Waals surface area contributed by atoms with Crippen LogP contribution in [0.1, 0.15) is 19.8 Å². The Morgan fingerprint density at radius 3 is 2.67 bits per heavy atom. The van der Waals surface area contributed by atoms with Gasteiger partial charge in [-0.1, -0.05) is 19.1 Å². The van der Waals surface area contributed by atoms with Crippen molar-refractivity contribution in [2.24, 2.45) is 0 Å². The van der Waals surface area contributed by atoms with Gasteiger partial charge < -0.3 is 10.2 Å². The third kappa shape index (κ3) is 6.06. The zero-order valence-corrected chi connectivity index (χ0v) is 20.2. The van der Waals surface area contributed by atoms with E-state index in [0.717, 1.165) is 37.6 Å². The minimum absolute atomic E-state index is 0.105. The number of nitrogens with zero attached hydrogens (tertiary/aromatic N) is 2. The van der Waals surface area contributed by atoms with Gasteiger partial charge in [0, 0.05) is 49.3 Å².